The van der Waals surface area contributed by atoms with Gasteiger partial charge in [-0.05, 0) is 67.4 Å². The molecule has 0 heterocycles. The first-order valence-corrected chi connectivity index (χ1v) is 11.9. The number of carbonyl (C=O) groups is 4. The largest absolute Gasteiger partial charge is 0.444 e. The molecule has 0 aromatic heterocycles. The average Bonchev–Trinajstić information content (AvgIpc) is 2.68. The number of hydrogen-bond donors (Lipinski definition) is 3. The first-order valence-electron chi connectivity index (χ1n) is 11.9. The highest BCUT2D eigenvalue weighted by Crippen LogP contribution is 2.32. The highest BCUT2D eigenvalue weighted by atomic mass is 16.6. The van der Waals surface area contributed by atoms with Crippen molar-refractivity contribution in [2.75, 3.05) is 0 Å². The lowest BCUT2D eigenvalue weighted by Crippen LogP contribution is -2.60. The average molecular weight is 491 g/mol. The van der Waals surface area contributed by atoms with Gasteiger partial charge in [-0.1, -0.05) is 37.3 Å². The smallest absolute Gasteiger partial charge is 0.408 e. The van der Waals surface area contributed by atoms with Crippen LogP contribution in [0.25, 0.3) is 0 Å². The molecular formula is C26H42N4O5. The number of alkyl carbamates (subject to hydrolysis) is 1. The predicted octanol–water partition coefficient (Wildman–Crippen LogP) is 3.43. The van der Waals surface area contributed by atoms with Crippen LogP contribution in [0.3, 0.4) is 0 Å². The number of ether oxygens (including phenoxy) is 1. The first-order chi connectivity index (χ1) is 15.9. The Morgan fingerprint density at radius 2 is 1.51 bits per heavy atom. The van der Waals surface area contributed by atoms with Crippen molar-refractivity contribution in [2.45, 2.75) is 104 Å². The van der Waals surface area contributed by atoms with Gasteiger partial charge in [0, 0.05) is 11.1 Å². The maximum Gasteiger partial charge on any atom is 0.408 e. The van der Waals surface area contributed by atoms with Crippen LogP contribution < -0.4 is 16.4 Å². The number of benzene rings is 1. The van der Waals surface area contributed by atoms with Crippen molar-refractivity contribution in [1.29, 1.82) is 0 Å². The lowest BCUT2D eigenvalue weighted by atomic mass is 9.91. The number of primary amides is 1. The Hall–Kier alpha value is -3.10. The van der Waals surface area contributed by atoms with Crippen LogP contribution in [0.1, 0.15) is 86.8 Å². The Morgan fingerprint density at radius 1 is 0.971 bits per heavy atom. The number of carbonyl (C=O) groups excluding carboxylic acids is 4. The minimum Gasteiger partial charge on any atom is -0.444 e. The molecule has 1 aromatic carbocycles. The van der Waals surface area contributed by atoms with E-state index in [0.717, 1.165) is 0 Å². The third-order valence-electron chi connectivity index (χ3n) is 5.27. The predicted molar refractivity (Wildman–Crippen MR) is 135 cm³/mol. The van der Waals surface area contributed by atoms with Crippen LogP contribution in [0.5, 0.6) is 0 Å². The van der Waals surface area contributed by atoms with E-state index < -0.39 is 53.1 Å². The fourth-order valence-corrected chi connectivity index (χ4v) is 3.46. The zero-order valence-corrected chi connectivity index (χ0v) is 22.5. The molecule has 0 aliphatic rings. The van der Waals surface area contributed by atoms with Gasteiger partial charge in [-0.15, -0.1) is 0 Å². The van der Waals surface area contributed by atoms with E-state index in [2.05, 4.69) is 10.6 Å². The van der Waals surface area contributed by atoms with Crippen molar-refractivity contribution in [3.63, 3.8) is 0 Å². The molecule has 0 aliphatic heterocycles. The van der Waals surface area contributed by atoms with Crippen molar-refractivity contribution >= 4 is 23.8 Å². The number of rotatable bonds is 9. The van der Waals surface area contributed by atoms with Crippen LogP contribution in [-0.4, -0.2) is 51.4 Å². The molecule has 9 nitrogen and oxygen atoms in total. The molecule has 0 fully saturated rings. The van der Waals surface area contributed by atoms with Gasteiger partial charge in [-0.25, -0.2) is 4.79 Å². The van der Waals surface area contributed by atoms with E-state index in [1.807, 2.05) is 47.6 Å². The lowest BCUT2D eigenvalue weighted by Gasteiger charge is -2.45. The molecule has 1 aromatic rings. The summed E-state index contributed by atoms with van der Waals surface area (Å²) in [5.41, 5.74) is 3.83. The van der Waals surface area contributed by atoms with Gasteiger partial charge < -0.3 is 26.0 Å². The van der Waals surface area contributed by atoms with Crippen molar-refractivity contribution in [2.24, 2.45) is 5.73 Å². The van der Waals surface area contributed by atoms with Gasteiger partial charge in [-0.2, -0.15) is 0 Å². The van der Waals surface area contributed by atoms with E-state index >= 15 is 0 Å². The highest BCUT2D eigenvalue weighted by molar-refractivity contribution is 5.95. The van der Waals surface area contributed by atoms with Crippen LogP contribution in [0.2, 0.25) is 0 Å². The molecule has 196 valence electrons. The molecule has 35 heavy (non-hydrogen) atoms. The summed E-state index contributed by atoms with van der Waals surface area (Å²) >= 11 is 0. The summed E-state index contributed by atoms with van der Waals surface area (Å²) in [6.07, 6.45) is -0.807. The van der Waals surface area contributed by atoms with Crippen LogP contribution in [0.4, 0.5) is 4.79 Å². The van der Waals surface area contributed by atoms with E-state index in [0.29, 0.717) is 12.0 Å². The van der Waals surface area contributed by atoms with Crippen LogP contribution >= 0.6 is 0 Å². The molecule has 0 radical (unpaired) electrons. The first kappa shape index (κ1) is 29.9. The Morgan fingerprint density at radius 3 is 1.94 bits per heavy atom. The van der Waals surface area contributed by atoms with Gasteiger partial charge in [0.15, 0.2) is 0 Å². The SMILES string of the molecule is CCC(C)(C)N(C(=O)C(CC(N)=O)NC(=O)OC(C)(C)C)C(C(=O)NC(C)(C)C)c1ccccc1. The zero-order chi connectivity index (χ0) is 27.2. The number of nitrogens with two attached hydrogens (primary N) is 1. The number of nitrogens with zero attached hydrogens (tertiary/aromatic N) is 1. The fourth-order valence-electron chi connectivity index (χ4n) is 3.46. The second-order valence-corrected chi connectivity index (χ2v) is 11.3. The molecule has 0 spiro atoms. The monoisotopic (exact) mass is 490 g/mol. The van der Waals surface area contributed by atoms with Gasteiger partial charge >= 0.3 is 6.09 Å². The van der Waals surface area contributed by atoms with E-state index in [9.17, 15) is 19.2 Å². The molecule has 0 aliphatic carbocycles. The summed E-state index contributed by atoms with van der Waals surface area (Å²) in [6, 6.07) is 6.59. The van der Waals surface area contributed by atoms with Gasteiger partial charge in [0.25, 0.3) is 0 Å². The Labute approximate surface area is 209 Å². The topological polar surface area (TPSA) is 131 Å². The van der Waals surface area contributed by atoms with E-state index in [4.69, 9.17) is 10.5 Å². The minimum absolute atomic E-state index is 0.381. The second-order valence-electron chi connectivity index (χ2n) is 11.3. The second kappa shape index (κ2) is 11.6. The molecule has 0 saturated carbocycles. The summed E-state index contributed by atoms with van der Waals surface area (Å²) in [6.45, 7) is 16.2. The Kier molecular flexibility index (Phi) is 9.88. The van der Waals surface area contributed by atoms with E-state index in [1.165, 1.54) is 4.90 Å². The van der Waals surface area contributed by atoms with E-state index in [1.54, 1.807) is 45.0 Å². The van der Waals surface area contributed by atoms with Gasteiger partial charge in [0.1, 0.15) is 17.7 Å². The molecular weight excluding hydrogens is 448 g/mol. The Balaban J connectivity index is 3.62. The standard InChI is InChI=1S/C26H42N4O5/c1-10-26(8,9)30(20(17-14-12-11-13-15-17)21(32)29-24(2,3)4)22(33)18(16-19(27)31)28-23(34)35-25(5,6)7/h11-15,18,20H,10,16H2,1-9H3,(H2,27,31)(H,28,34)(H,29,32). The van der Waals surface area contributed by atoms with Gasteiger partial charge in [0.05, 0.1) is 6.42 Å². The summed E-state index contributed by atoms with van der Waals surface area (Å²) in [5, 5.41) is 5.45. The van der Waals surface area contributed by atoms with Crippen molar-refractivity contribution < 1.29 is 23.9 Å². The summed E-state index contributed by atoms with van der Waals surface area (Å²) in [5.74, 6) is -1.77. The van der Waals surface area contributed by atoms with Gasteiger partial charge in [-0.3, -0.25) is 14.4 Å². The quantitative estimate of drug-likeness (QED) is 0.488. The molecule has 2 unspecified atom stereocenters. The molecule has 2 atom stereocenters. The maximum atomic E-state index is 14.0. The molecule has 1 rings (SSSR count). The third-order valence-corrected chi connectivity index (χ3v) is 5.27. The minimum atomic E-state index is -1.32. The molecule has 0 saturated heterocycles. The molecule has 4 amide bonds. The fraction of sp³-hybridized carbons (Fsp3) is 0.615. The maximum absolute atomic E-state index is 14.0. The van der Waals surface area contributed by atoms with E-state index in [-0.39, 0.29) is 5.91 Å². The summed E-state index contributed by atoms with van der Waals surface area (Å²) < 4.78 is 5.30. The molecule has 0 bridgehead atoms. The summed E-state index contributed by atoms with van der Waals surface area (Å²) in [7, 11) is 0. The van der Waals surface area contributed by atoms with Crippen molar-refractivity contribution in [3.05, 3.63) is 35.9 Å². The van der Waals surface area contributed by atoms with Crippen molar-refractivity contribution in [3.8, 4) is 0 Å². The van der Waals surface area contributed by atoms with Crippen LogP contribution in [0.15, 0.2) is 30.3 Å². The normalized spacial score (nSPS) is 13.9. The van der Waals surface area contributed by atoms with Crippen LogP contribution in [-0.2, 0) is 19.1 Å². The lowest BCUT2D eigenvalue weighted by molar-refractivity contribution is -0.150. The Bertz CT molecular complexity index is 901. The number of hydrogen-bond acceptors (Lipinski definition) is 5. The zero-order valence-electron chi connectivity index (χ0n) is 22.5. The highest BCUT2D eigenvalue weighted by Gasteiger charge is 2.44. The third kappa shape index (κ3) is 9.58. The molecule has 9 heteroatoms. The van der Waals surface area contributed by atoms with Gasteiger partial charge in [0.2, 0.25) is 17.7 Å². The molecule has 4 N–H and O–H groups in total. The number of nitrogens with one attached hydrogen (secondary N) is 2. The van der Waals surface area contributed by atoms with Crippen molar-refractivity contribution in [1.82, 2.24) is 15.5 Å². The summed E-state index contributed by atoms with van der Waals surface area (Å²) in [4.78, 5) is 53.5. The number of amides is 4. The van der Waals surface area contributed by atoms with Crippen LogP contribution in [0, 0.1) is 0 Å².